The Morgan fingerprint density at radius 3 is 2.54 bits per heavy atom. The van der Waals surface area contributed by atoms with Crippen molar-refractivity contribution in [2.45, 2.75) is 82.2 Å². The van der Waals surface area contributed by atoms with Gasteiger partial charge in [0.05, 0.1) is 0 Å². The van der Waals surface area contributed by atoms with Gasteiger partial charge in [-0.3, -0.25) is 4.90 Å². The van der Waals surface area contributed by atoms with Gasteiger partial charge in [0, 0.05) is 56.1 Å². The van der Waals surface area contributed by atoms with Crippen LogP contribution >= 0.6 is 0 Å². The number of rotatable bonds is 5. The molecule has 0 bridgehead atoms. The van der Waals surface area contributed by atoms with Crippen LogP contribution in [0.1, 0.15) is 75.8 Å². The number of anilines is 1. The van der Waals surface area contributed by atoms with Crippen LogP contribution in [0.15, 0.2) is 12.3 Å². The first-order valence-electron chi connectivity index (χ1n) is 10.8. The normalized spacial score (nSPS) is 26.5. The summed E-state index contributed by atoms with van der Waals surface area (Å²) in [5, 5.41) is 9.60. The molecule has 26 heavy (non-hydrogen) atoms. The van der Waals surface area contributed by atoms with Crippen LogP contribution in [0.3, 0.4) is 0 Å². The highest BCUT2D eigenvalue weighted by molar-refractivity contribution is 5.33. The molecular weight excluding hydrogens is 324 g/mol. The van der Waals surface area contributed by atoms with Gasteiger partial charge in [0.25, 0.3) is 0 Å². The molecule has 0 aromatic carbocycles. The van der Waals surface area contributed by atoms with Crippen LogP contribution < -0.4 is 4.90 Å². The maximum atomic E-state index is 9.60. The molecule has 3 aliphatic rings. The molecule has 1 aliphatic heterocycles. The van der Waals surface area contributed by atoms with Gasteiger partial charge < -0.3 is 10.0 Å². The van der Waals surface area contributed by atoms with Crippen molar-refractivity contribution in [2.24, 2.45) is 0 Å². The predicted octanol–water partition coefficient (Wildman–Crippen LogP) is 3.34. The molecule has 0 unspecified atom stereocenters. The Morgan fingerprint density at radius 1 is 1.00 bits per heavy atom. The van der Waals surface area contributed by atoms with Gasteiger partial charge in [0.2, 0.25) is 5.95 Å². The van der Waals surface area contributed by atoms with Crippen LogP contribution in [-0.2, 0) is 0 Å². The molecular formula is C21H34N4O. The Bertz CT molecular complexity index is 569. The first-order valence-corrected chi connectivity index (χ1v) is 10.8. The third kappa shape index (κ3) is 4.04. The molecule has 3 fully saturated rings. The Balaban J connectivity index is 1.45. The number of piperazine rings is 1. The number of hydrogen-bond acceptors (Lipinski definition) is 5. The number of aromatic nitrogens is 2. The van der Waals surface area contributed by atoms with E-state index in [0.29, 0.717) is 18.0 Å². The van der Waals surface area contributed by atoms with Crippen LogP contribution in [-0.4, -0.2) is 58.3 Å². The third-order valence-corrected chi connectivity index (χ3v) is 6.75. The van der Waals surface area contributed by atoms with Crippen molar-refractivity contribution in [3.63, 3.8) is 0 Å². The monoisotopic (exact) mass is 358 g/mol. The van der Waals surface area contributed by atoms with Crippen molar-refractivity contribution in [3.05, 3.63) is 18.0 Å². The molecule has 1 N–H and O–H groups in total. The number of hydrogen-bond donors (Lipinski definition) is 1. The minimum absolute atomic E-state index is 0.269. The lowest BCUT2D eigenvalue weighted by Crippen LogP contribution is -2.57. The molecule has 144 valence electrons. The average molecular weight is 359 g/mol. The van der Waals surface area contributed by atoms with Gasteiger partial charge in [0.1, 0.15) is 0 Å². The molecule has 1 saturated heterocycles. The van der Waals surface area contributed by atoms with Crippen LogP contribution in [0.25, 0.3) is 0 Å². The fraction of sp³-hybridized carbons (Fsp3) is 0.810. The van der Waals surface area contributed by atoms with E-state index in [4.69, 9.17) is 4.98 Å². The highest BCUT2D eigenvalue weighted by Gasteiger charge is 2.33. The van der Waals surface area contributed by atoms with Crippen LogP contribution in [0.2, 0.25) is 0 Å². The van der Waals surface area contributed by atoms with Gasteiger partial charge in [-0.1, -0.05) is 32.1 Å². The molecule has 0 radical (unpaired) electrons. The summed E-state index contributed by atoms with van der Waals surface area (Å²) < 4.78 is 0. The van der Waals surface area contributed by atoms with E-state index < -0.39 is 0 Å². The van der Waals surface area contributed by atoms with E-state index in [9.17, 15) is 5.11 Å². The lowest BCUT2D eigenvalue weighted by molar-refractivity contribution is 0.0753. The third-order valence-electron chi connectivity index (χ3n) is 6.75. The Hall–Kier alpha value is -1.20. The van der Waals surface area contributed by atoms with Crippen LogP contribution in [0.5, 0.6) is 0 Å². The number of aliphatic hydroxyl groups is 1. The van der Waals surface area contributed by atoms with Crippen molar-refractivity contribution >= 4 is 5.95 Å². The molecule has 1 aromatic rings. The molecule has 1 aromatic heterocycles. The van der Waals surface area contributed by atoms with E-state index in [-0.39, 0.29) is 6.61 Å². The largest absolute Gasteiger partial charge is 0.396 e. The van der Waals surface area contributed by atoms with Gasteiger partial charge in [-0.05, 0) is 38.2 Å². The van der Waals surface area contributed by atoms with Crippen molar-refractivity contribution < 1.29 is 5.11 Å². The minimum atomic E-state index is 0.269. The van der Waals surface area contributed by atoms with Crippen LogP contribution in [0, 0.1) is 0 Å². The van der Waals surface area contributed by atoms with Crippen LogP contribution in [0.4, 0.5) is 5.95 Å². The maximum absolute atomic E-state index is 9.60. The van der Waals surface area contributed by atoms with Gasteiger partial charge in [-0.2, -0.15) is 0 Å². The lowest BCUT2D eigenvalue weighted by Gasteiger charge is -2.46. The standard InChI is InChI=1S/C21H34N4O/c26-15-11-19-16-24(13-14-25(19)18-8-2-1-3-9-18)21-22-12-10-20(23-21)17-6-4-5-7-17/h10,12,17-19,26H,1-9,11,13-16H2/t19-/m1/s1. The summed E-state index contributed by atoms with van der Waals surface area (Å²) in [6, 6.07) is 3.26. The zero-order valence-corrected chi connectivity index (χ0v) is 16.0. The highest BCUT2D eigenvalue weighted by Crippen LogP contribution is 2.34. The number of aliphatic hydroxyl groups excluding tert-OH is 1. The summed E-state index contributed by atoms with van der Waals surface area (Å²) in [7, 11) is 0. The first-order chi connectivity index (χ1) is 12.8. The zero-order valence-electron chi connectivity index (χ0n) is 16.0. The van der Waals surface area contributed by atoms with Gasteiger partial charge >= 0.3 is 0 Å². The summed E-state index contributed by atoms with van der Waals surface area (Å²) in [5.74, 6) is 1.54. The summed E-state index contributed by atoms with van der Waals surface area (Å²) >= 11 is 0. The topological polar surface area (TPSA) is 52.5 Å². The van der Waals surface area contributed by atoms with Gasteiger partial charge in [0.15, 0.2) is 0 Å². The molecule has 0 amide bonds. The molecule has 5 nitrogen and oxygen atoms in total. The van der Waals surface area contributed by atoms with Crippen molar-refractivity contribution in [2.75, 3.05) is 31.1 Å². The van der Waals surface area contributed by atoms with Crippen molar-refractivity contribution in [1.82, 2.24) is 14.9 Å². The molecule has 4 rings (SSSR count). The molecule has 2 aliphatic carbocycles. The minimum Gasteiger partial charge on any atom is -0.396 e. The SMILES string of the molecule is OCC[C@@H]1CN(c2nccc(C3CCCC3)n2)CCN1C1CCCCC1. The summed E-state index contributed by atoms with van der Waals surface area (Å²) in [5.41, 5.74) is 1.24. The lowest BCUT2D eigenvalue weighted by atomic mass is 9.92. The Morgan fingerprint density at radius 2 is 1.77 bits per heavy atom. The second-order valence-corrected chi connectivity index (χ2v) is 8.40. The van der Waals surface area contributed by atoms with Crippen molar-refractivity contribution in [3.8, 4) is 0 Å². The smallest absolute Gasteiger partial charge is 0.225 e. The van der Waals surface area contributed by atoms with E-state index in [1.807, 2.05) is 6.20 Å². The summed E-state index contributed by atoms with van der Waals surface area (Å²) in [6.45, 7) is 3.30. The van der Waals surface area contributed by atoms with E-state index in [2.05, 4.69) is 20.9 Å². The second kappa shape index (κ2) is 8.66. The molecule has 1 atom stereocenters. The predicted molar refractivity (Wildman–Crippen MR) is 105 cm³/mol. The van der Waals surface area contributed by atoms with E-state index in [1.54, 1.807) is 0 Å². The van der Waals surface area contributed by atoms with Crippen molar-refractivity contribution in [1.29, 1.82) is 0 Å². The summed E-state index contributed by atoms with van der Waals surface area (Å²) in [4.78, 5) is 14.6. The van der Waals surface area contributed by atoms with E-state index in [0.717, 1.165) is 32.0 Å². The second-order valence-electron chi connectivity index (χ2n) is 8.40. The van der Waals surface area contributed by atoms with Gasteiger partial charge in [-0.25, -0.2) is 9.97 Å². The molecule has 2 saturated carbocycles. The van der Waals surface area contributed by atoms with E-state index >= 15 is 0 Å². The average Bonchev–Trinajstić information content (AvgIpc) is 3.24. The number of nitrogens with zero attached hydrogens (tertiary/aromatic N) is 4. The zero-order chi connectivity index (χ0) is 17.8. The fourth-order valence-corrected chi connectivity index (χ4v) is 5.31. The Labute approximate surface area is 157 Å². The van der Waals surface area contributed by atoms with Gasteiger partial charge in [-0.15, -0.1) is 0 Å². The quantitative estimate of drug-likeness (QED) is 0.875. The first kappa shape index (κ1) is 18.2. The fourth-order valence-electron chi connectivity index (χ4n) is 5.31. The van der Waals surface area contributed by atoms with E-state index in [1.165, 1.54) is 63.5 Å². The molecule has 5 heteroatoms. The molecule has 0 spiro atoms. The summed E-state index contributed by atoms with van der Waals surface area (Å²) in [6.07, 6.45) is 14.8. The maximum Gasteiger partial charge on any atom is 0.225 e. The molecule has 2 heterocycles. The highest BCUT2D eigenvalue weighted by atomic mass is 16.3. The Kier molecular flexibility index (Phi) is 6.05.